The number of aromatic amines is 1. The Balaban J connectivity index is 0.00000208. The standard InChI is InChI=1S/C17H21N5S.HI/c1-11-4-5-13-14(8-11)22-16(21-13)10-20-17(18-3)19-9-15-12(2)6-7-23-15;/h4-8H,9-10H2,1-3H3,(H,21,22)(H2,18,19,20);1H. The molecule has 0 spiro atoms. The maximum atomic E-state index is 4.59. The van der Waals surface area contributed by atoms with Crippen LogP contribution < -0.4 is 10.6 Å². The number of nitrogens with zero attached hydrogens (tertiary/aromatic N) is 2. The molecule has 0 unspecified atom stereocenters. The molecule has 0 saturated heterocycles. The number of aliphatic imine (C=N–C) groups is 1. The van der Waals surface area contributed by atoms with E-state index in [0.29, 0.717) is 6.54 Å². The van der Waals surface area contributed by atoms with E-state index in [-0.39, 0.29) is 24.0 Å². The SMILES string of the molecule is CN=C(NCc1nc2ccc(C)cc2[nH]1)NCc1sccc1C.I. The summed E-state index contributed by atoms with van der Waals surface area (Å²) in [4.78, 5) is 13.5. The zero-order chi connectivity index (χ0) is 16.2. The highest BCUT2D eigenvalue weighted by atomic mass is 127. The summed E-state index contributed by atoms with van der Waals surface area (Å²) in [5.41, 5.74) is 4.60. The van der Waals surface area contributed by atoms with E-state index in [1.165, 1.54) is 16.0 Å². The molecule has 0 bridgehead atoms. The molecule has 0 aliphatic rings. The van der Waals surface area contributed by atoms with Crippen molar-refractivity contribution in [1.29, 1.82) is 0 Å². The van der Waals surface area contributed by atoms with Crippen molar-refractivity contribution in [2.45, 2.75) is 26.9 Å². The second-order valence-corrected chi connectivity index (χ2v) is 6.51. The Morgan fingerprint density at radius 2 is 2.00 bits per heavy atom. The molecule has 7 heteroatoms. The summed E-state index contributed by atoms with van der Waals surface area (Å²) >= 11 is 1.76. The summed E-state index contributed by atoms with van der Waals surface area (Å²) in [5.74, 6) is 1.68. The molecule has 5 nitrogen and oxygen atoms in total. The minimum Gasteiger partial charge on any atom is -0.352 e. The summed E-state index contributed by atoms with van der Waals surface area (Å²) in [6, 6.07) is 8.36. The van der Waals surface area contributed by atoms with Crippen LogP contribution in [0.15, 0.2) is 34.6 Å². The summed E-state index contributed by atoms with van der Waals surface area (Å²) in [6.45, 7) is 5.59. The van der Waals surface area contributed by atoms with E-state index in [2.05, 4.69) is 63.0 Å². The molecule has 0 fully saturated rings. The molecule has 24 heavy (non-hydrogen) atoms. The van der Waals surface area contributed by atoms with E-state index < -0.39 is 0 Å². The van der Waals surface area contributed by atoms with E-state index in [1.54, 1.807) is 18.4 Å². The van der Waals surface area contributed by atoms with Crippen molar-refractivity contribution in [1.82, 2.24) is 20.6 Å². The average molecular weight is 455 g/mol. The fraction of sp³-hybridized carbons (Fsp3) is 0.294. The number of guanidine groups is 1. The number of aromatic nitrogens is 2. The van der Waals surface area contributed by atoms with Gasteiger partial charge in [0.2, 0.25) is 0 Å². The van der Waals surface area contributed by atoms with E-state index in [4.69, 9.17) is 0 Å². The number of aryl methyl sites for hydroxylation is 2. The van der Waals surface area contributed by atoms with Crippen LogP contribution in [0, 0.1) is 13.8 Å². The number of H-pyrrole nitrogens is 1. The van der Waals surface area contributed by atoms with Crippen LogP contribution >= 0.6 is 35.3 Å². The molecule has 128 valence electrons. The van der Waals surface area contributed by atoms with E-state index in [0.717, 1.165) is 29.4 Å². The van der Waals surface area contributed by atoms with E-state index in [9.17, 15) is 0 Å². The minimum atomic E-state index is 0. The topological polar surface area (TPSA) is 65.1 Å². The molecule has 3 N–H and O–H groups in total. The molecular formula is C17H22IN5S. The second kappa shape index (κ2) is 8.48. The normalized spacial score (nSPS) is 11.4. The molecule has 0 aliphatic heterocycles. The van der Waals surface area contributed by atoms with Gasteiger partial charge in [0.25, 0.3) is 0 Å². The Kier molecular flexibility index (Phi) is 6.61. The van der Waals surface area contributed by atoms with Crippen molar-refractivity contribution in [2.24, 2.45) is 4.99 Å². The van der Waals surface area contributed by atoms with Gasteiger partial charge in [-0.15, -0.1) is 35.3 Å². The van der Waals surface area contributed by atoms with Gasteiger partial charge in [0.15, 0.2) is 5.96 Å². The molecule has 0 aliphatic carbocycles. The number of nitrogens with one attached hydrogen (secondary N) is 3. The van der Waals surface area contributed by atoms with Gasteiger partial charge in [-0.1, -0.05) is 6.07 Å². The Labute approximate surface area is 163 Å². The van der Waals surface area contributed by atoms with Crippen LogP contribution in [0.1, 0.15) is 21.8 Å². The zero-order valence-corrected chi connectivity index (χ0v) is 17.2. The van der Waals surface area contributed by atoms with Gasteiger partial charge in [-0.05, 0) is 48.6 Å². The summed E-state index contributed by atoms with van der Waals surface area (Å²) < 4.78 is 0. The van der Waals surface area contributed by atoms with Crippen LogP contribution in [0.5, 0.6) is 0 Å². The largest absolute Gasteiger partial charge is 0.352 e. The molecule has 2 heterocycles. The third-order valence-corrected chi connectivity index (χ3v) is 4.74. The van der Waals surface area contributed by atoms with Crippen molar-refractivity contribution >= 4 is 52.3 Å². The number of hydrogen-bond donors (Lipinski definition) is 3. The Morgan fingerprint density at radius 3 is 2.71 bits per heavy atom. The number of fused-ring (bicyclic) bond motifs is 1. The van der Waals surface area contributed by atoms with Crippen molar-refractivity contribution in [3.63, 3.8) is 0 Å². The Bertz CT molecular complexity index is 836. The van der Waals surface area contributed by atoms with Crippen molar-refractivity contribution in [2.75, 3.05) is 7.05 Å². The Morgan fingerprint density at radius 1 is 1.21 bits per heavy atom. The highest BCUT2D eigenvalue weighted by Crippen LogP contribution is 2.15. The number of thiophene rings is 1. The Hall–Kier alpha value is -1.61. The fourth-order valence-electron chi connectivity index (χ4n) is 2.40. The first-order valence-electron chi connectivity index (χ1n) is 7.58. The van der Waals surface area contributed by atoms with E-state index in [1.807, 2.05) is 6.07 Å². The summed E-state index contributed by atoms with van der Waals surface area (Å²) in [5, 5.41) is 8.74. The third-order valence-electron chi connectivity index (χ3n) is 3.72. The summed E-state index contributed by atoms with van der Waals surface area (Å²) in [6.07, 6.45) is 0. The molecule has 0 amide bonds. The van der Waals surface area contributed by atoms with Crippen LogP contribution in [0.25, 0.3) is 11.0 Å². The van der Waals surface area contributed by atoms with Crippen LogP contribution in [-0.2, 0) is 13.1 Å². The number of halogens is 1. The maximum Gasteiger partial charge on any atom is 0.191 e. The predicted octanol–water partition coefficient (Wildman–Crippen LogP) is 3.72. The number of hydrogen-bond acceptors (Lipinski definition) is 3. The van der Waals surface area contributed by atoms with Crippen molar-refractivity contribution in [3.05, 3.63) is 51.5 Å². The van der Waals surface area contributed by atoms with E-state index >= 15 is 0 Å². The molecule has 0 atom stereocenters. The lowest BCUT2D eigenvalue weighted by atomic mass is 10.2. The lowest BCUT2D eigenvalue weighted by Crippen LogP contribution is -2.36. The van der Waals surface area contributed by atoms with Crippen LogP contribution in [-0.4, -0.2) is 23.0 Å². The first-order chi connectivity index (χ1) is 11.2. The van der Waals surface area contributed by atoms with Gasteiger partial charge < -0.3 is 15.6 Å². The quantitative estimate of drug-likeness (QED) is 0.319. The zero-order valence-electron chi connectivity index (χ0n) is 14.0. The van der Waals surface area contributed by atoms with Crippen molar-refractivity contribution < 1.29 is 0 Å². The predicted molar refractivity (Wildman–Crippen MR) is 112 cm³/mol. The molecule has 1 aromatic carbocycles. The molecule has 3 rings (SSSR count). The van der Waals surface area contributed by atoms with Gasteiger partial charge in [0.1, 0.15) is 5.82 Å². The first-order valence-corrected chi connectivity index (χ1v) is 8.46. The monoisotopic (exact) mass is 455 g/mol. The molecular weight excluding hydrogens is 433 g/mol. The highest BCUT2D eigenvalue weighted by molar-refractivity contribution is 14.0. The van der Waals surface area contributed by atoms with Gasteiger partial charge in [0.05, 0.1) is 24.1 Å². The van der Waals surface area contributed by atoms with Crippen molar-refractivity contribution in [3.8, 4) is 0 Å². The second-order valence-electron chi connectivity index (χ2n) is 5.51. The molecule has 3 aromatic rings. The smallest absolute Gasteiger partial charge is 0.191 e. The van der Waals surface area contributed by atoms with Crippen LogP contribution in [0.2, 0.25) is 0 Å². The van der Waals surface area contributed by atoms with Gasteiger partial charge in [-0.3, -0.25) is 4.99 Å². The highest BCUT2D eigenvalue weighted by Gasteiger charge is 2.05. The number of benzene rings is 1. The fourth-order valence-corrected chi connectivity index (χ4v) is 3.24. The maximum absolute atomic E-state index is 4.59. The number of imidazole rings is 1. The third kappa shape index (κ3) is 4.47. The van der Waals surface area contributed by atoms with Gasteiger partial charge in [-0.25, -0.2) is 4.98 Å². The average Bonchev–Trinajstić information content (AvgIpc) is 3.13. The first kappa shape index (κ1) is 18.7. The van der Waals surface area contributed by atoms with Gasteiger partial charge in [-0.2, -0.15) is 0 Å². The number of rotatable bonds is 4. The van der Waals surface area contributed by atoms with Gasteiger partial charge in [0, 0.05) is 11.9 Å². The van der Waals surface area contributed by atoms with Gasteiger partial charge >= 0.3 is 0 Å². The summed E-state index contributed by atoms with van der Waals surface area (Å²) in [7, 11) is 1.78. The molecule has 0 saturated carbocycles. The lowest BCUT2D eigenvalue weighted by Gasteiger charge is -2.10. The molecule has 0 radical (unpaired) electrons. The van der Waals surface area contributed by atoms with Crippen LogP contribution in [0.4, 0.5) is 0 Å². The minimum absolute atomic E-state index is 0. The lowest BCUT2D eigenvalue weighted by molar-refractivity contribution is 0.787. The van der Waals surface area contributed by atoms with Crippen LogP contribution in [0.3, 0.4) is 0 Å². The molecule has 2 aromatic heterocycles.